The number of anilines is 1. The number of nitrogens with zero attached hydrogens (tertiary/aromatic N) is 1. The number of amides is 1. The first-order valence-electron chi connectivity index (χ1n) is 7.19. The van der Waals surface area contributed by atoms with Crippen LogP contribution in [0.2, 0.25) is 0 Å². The van der Waals surface area contributed by atoms with E-state index in [4.69, 9.17) is 0 Å². The Bertz CT molecular complexity index is 607. The minimum Gasteiger partial charge on any atom is -0.326 e. The standard InChI is InChI=1S/C16H19N3OS.ClH/c1-16(7-2-8-17-11-16)15(20)19-13-5-3-12(4-6-13)14-18-9-10-21-14;/h3-6,9-10,17H,2,7-8,11H2,1H3,(H,19,20);1H. The van der Waals surface area contributed by atoms with Crippen molar-refractivity contribution >= 4 is 35.3 Å². The molecule has 2 N–H and O–H groups in total. The molecule has 2 heterocycles. The highest BCUT2D eigenvalue weighted by atomic mass is 35.5. The fourth-order valence-corrected chi connectivity index (χ4v) is 3.24. The van der Waals surface area contributed by atoms with Gasteiger partial charge in [-0.1, -0.05) is 0 Å². The number of hydrogen-bond donors (Lipinski definition) is 2. The number of benzene rings is 1. The smallest absolute Gasteiger partial charge is 0.231 e. The molecule has 22 heavy (non-hydrogen) atoms. The van der Waals surface area contributed by atoms with E-state index in [1.807, 2.05) is 36.6 Å². The second-order valence-corrected chi connectivity index (χ2v) is 6.60. The Hall–Kier alpha value is -1.43. The highest BCUT2D eigenvalue weighted by Gasteiger charge is 2.34. The van der Waals surface area contributed by atoms with Gasteiger partial charge in [0.25, 0.3) is 0 Å². The van der Waals surface area contributed by atoms with Gasteiger partial charge in [0.15, 0.2) is 0 Å². The molecule has 1 amide bonds. The number of nitrogens with one attached hydrogen (secondary N) is 2. The van der Waals surface area contributed by atoms with Crippen LogP contribution in [0.3, 0.4) is 0 Å². The molecule has 118 valence electrons. The molecule has 0 radical (unpaired) electrons. The van der Waals surface area contributed by atoms with E-state index in [1.54, 1.807) is 17.5 Å². The molecule has 3 rings (SSSR count). The number of aromatic nitrogens is 1. The average molecular weight is 338 g/mol. The van der Waals surface area contributed by atoms with E-state index in [1.165, 1.54) is 0 Å². The molecule has 6 heteroatoms. The topological polar surface area (TPSA) is 54.0 Å². The second kappa shape index (κ2) is 7.22. The van der Waals surface area contributed by atoms with Gasteiger partial charge in [-0.05, 0) is 50.6 Å². The van der Waals surface area contributed by atoms with Crippen molar-refractivity contribution in [1.29, 1.82) is 0 Å². The first-order chi connectivity index (χ1) is 10.2. The maximum absolute atomic E-state index is 12.4. The minimum absolute atomic E-state index is 0. The quantitative estimate of drug-likeness (QED) is 0.900. The molecule has 2 aromatic rings. The van der Waals surface area contributed by atoms with Gasteiger partial charge in [0.1, 0.15) is 5.01 Å². The van der Waals surface area contributed by atoms with Crippen molar-refractivity contribution < 1.29 is 4.79 Å². The number of halogens is 1. The van der Waals surface area contributed by atoms with Gasteiger partial charge in [0, 0.05) is 29.4 Å². The molecule has 1 saturated heterocycles. The Morgan fingerprint density at radius 3 is 2.73 bits per heavy atom. The van der Waals surface area contributed by atoms with E-state index < -0.39 is 0 Å². The molecule has 1 fully saturated rings. The van der Waals surface area contributed by atoms with Crippen LogP contribution < -0.4 is 10.6 Å². The molecule has 1 aliphatic heterocycles. The van der Waals surface area contributed by atoms with Crippen LogP contribution in [-0.2, 0) is 4.79 Å². The first kappa shape index (κ1) is 16.9. The lowest BCUT2D eigenvalue weighted by molar-refractivity contribution is -0.125. The van der Waals surface area contributed by atoms with Crippen molar-refractivity contribution in [2.45, 2.75) is 19.8 Å². The van der Waals surface area contributed by atoms with Gasteiger partial charge < -0.3 is 10.6 Å². The Morgan fingerprint density at radius 1 is 1.36 bits per heavy atom. The summed E-state index contributed by atoms with van der Waals surface area (Å²) in [5.74, 6) is 0.0942. The maximum Gasteiger partial charge on any atom is 0.231 e. The molecule has 0 aliphatic carbocycles. The van der Waals surface area contributed by atoms with Gasteiger partial charge in [0.05, 0.1) is 5.41 Å². The van der Waals surface area contributed by atoms with Gasteiger partial charge in [-0.3, -0.25) is 4.79 Å². The zero-order chi connectivity index (χ0) is 14.7. The molecule has 1 aliphatic rings. The number of piperidine rings is 1. The van der Waals surface area contributed by atoms with Crippen LogP contribution in [0.5, 0.6) is 0 Å². The molecule has 1 unspecified atom stereocenters. The summed E-state index contributed by atoms with van der Waals surface area (Å²) in [6.45, 7) is 3.78. The van der Waals surface area contributed by atoms with Crippen molar-refractivity contribution in [3.63, 3.8) is 0 Å². The molecule has 0 spiro atoms. The van der Waals surface area contributed by atoms with Crippen LogP contribution in [0.25, 0.3) is 10.6 Å². The molecule has 0 saturated carbocycles. The third kappa shape index (κ3) is 3.66. The normalized spacial score (nSPS) is 21.0. The number of carbonyl (C=O) groups excluding carboxylic acids is 1. The lowest BCUT2D eigenvalue weighted by Gasteiger charge is -2.32. The summed E-state index contributed by atoms with van der Waals surface area (Å²) >= 11 is 1.61. The Morgan fingerprint density at radius 2 is 2.14 bits per heavy atom. The molecular weight excluding hydrogens is 318 g/mol. The molecule has 1 aromatic heterocycles. The van der Waals surface area contributed by atoms with Crippen LogP contribution in [0.15, 0.2) is 35.8 Å². The van der Waals surface area contributed by atoms with Gasteiger partial charge in [-0.2, -0.15) is 0 Å². The second-order valence-electron chi connectivity index (χ2n) is 5.71. The van der Waals surface area contributed by atoms with E-state index in [2.05, 4.69) is 15.6 Å². The summed E-state index contributed by atoms with van der Waals surface area (Å²) in [6.07, 6.45) is 3.78. The SMILES string of the molecule is CC1(C(=O)Nc2ccc(-c3nccs3)cc2)CCCNC1.Cl. The zero-order valence-electron chi connectivity index (χ0n) is 12.5. The highest BCUT2D eigenvalue weighted by Crippen LogP contribution is 2.28. The van der Waals surface area contributed by atoms with Crippen LogP contribution >= 0.6 is 23.7 Å². The van der Waals surface area contributed by atoms with Crippen molar-refractivity contribution in [2.75, 3.05) is 18.4 Å². The lowest BCUT2D eigenvalue weighted by Crippen LogP contribution is -2.46. The predicted molar refractivity (Wildman–Crippen MR) is 93.6 cm³/mol. The van der Waals surface area contributed by atoms with Crippen molar-refractivity contribution in [1.82, 2.24) is 10.3 Å². The molecule has 1 atom stereocenters. The van der Waals surface area contributed by atoms with Crippen LogP contribution in [-0.4, -0.2) is 24.0 Å². The minimum atomic E-state index is -0.313. The summed E-state index contributed by atoms with van der Waals surface area (Å²) in [4.78, 5) is 16.7. The lowest BCUT2D eigenvalue weighted by atomic mass is 9.82. The summed E-state index contributed by atoms with van der Waals surface area (Å²) in [5.41, 5.74) is 1.60. The van der Waals surface area contributed by atoms with E-state index in [0.29, 0.717) is 0 Å². The summed E-state index contributed by atoms with van der Waals surface area (Å²) in [5, 5.41) is 9.29. The van der Waals surface area contributed by atoms with E-state index >= 15 is 0 Å². The van der Waals surface area contributed by atoms with Gasteiger partial charge in [0.2, 0.25) is 5.91 Å². The highest BCUT2D eigenvalue weighted by molar-refractivity contribution is 7.13. The largest absolute Gasteiger partial charge is 0.326 e. The van der Waals surface area contributed by atoms with Crippen LogP contribution in [0.4, 0.5) is 5.69 Å². The Balaban J connectivity index is 0.00000176. The fraction of sp³-hybridized carbons (Fsp3) is 0.375. The number of hydrogen-bond acceptors (Lipinski definition) is 4. The van der Waals surface area contributed by atoms with Crippen molar-refractivity contribution in [3.05, 3.63) is 35.8 Å². The third-order valence-corrected chi connectivity index (χ3v) is 4.79. The van der Waals surface area contributed by atoms with Gasteiger partial charge in [-0.25, -0.2) is 4.98 Å². The van der Waals surface area contributed by atoms with E-state index in [9.17, 15) is 4.79 Å². The Labute approximate surface area is 140 Å². The zero-order valence-corrected chi connectivity index (χ0v) is 14.1. The van der Waals surface area contributed by atoms with Crippen molar-refractivity contribution in [2.24, 2.45) is 5.41 Å². The monoisotopic (exact) mass is 337 g/mol. The van der Waals surface area contributed by atoms with Gasteiger partial charge in [-0.15, -0.1) is 23.7 Å². The number of carbonyl (C=O) groups is 1. The molecule has 1 aromatic carbocycles. The third-order valence-electron chi connectivity index (χ3n) is 3.97. The summed E-state index contributed by atoms with van der Waals surface area (Å²) in [6, 6.07) is 7.87. The predicted octanol–water partition coefficient (Wildman–Crippen LogP) is 3.56. The number of thiazole rings is 1. The van der Waals surface area contributed by atoms with Crippen LogP contribution in [0, 0.1) is 5.41 Å². The summed E-state index contributed by atoms with van der Waals surface area (Å²) in [7, 11) is 0. The maximum atomic E-state index is 12.4. The fourth-order valence-electron chi connectivity index (χ4n) is 2.59. The first-order valence-corrected chi connectivity index (χ1v) is 8.07. The average Bonchev–Trinajstić information content (AvgIpc) is 3.03. The van der Waals surface area contributed by atoms with E-state index in [-0.39, 0.29) is 23.7 Å². The molecule has 0 bridgehead atoms. The molecule has 4 nitrogen and oxygen atoms in total. The molecular formula is C16H20ClN3OS. The summed E-state index contributed by atoms with van der Waals surface area (Å²) < 4.78 is 0. The number of rotatable bonds is 3. The van der Waals surface area contributed by atoms with Gasteiger partial charge >= 0.3 is 0 Å². The van der Waals surface area contributed by atoms with Crippen LogP contribution in [0.1, 0.15) is 19.8 Å². The van der Waals surface area contributed by atoms with E-state index in [0.717, 1.165) is 42.2 Å². The van der Waals surface area contributed by atoms with Crippen molar-refractivity contribution in [3.8, 4) is 10.6 Å². The Kier molecular flexibility index (Phi) is 5.56.